The van der Waals surface area contributed by atoms with Crippen LogP contribution in [0.2, 0.25) is 5.02 Å². The maximum absolute atomic E-state index is 10.3. The molecule has 0 spiro atoms. The molecule has 3 nitrogen and oxygen atoms in total. The summed E-state index contributed by atoms with van der Waals surface area (Å²) in [6.07, 6.45) is -1.31. The summed E-state index contributed by atoms with van der Waals surface area (Å²) in [5.74, 6) is 0. The number of halogens is 1. The maximum Gasteiger partial charge on any atom is 0.512 e. The minimum atomic E-state index is -1.31. The highest BCUT2D eigenvalue weighted by Gasteiger charge is 2.08. The van der Waals surface area contributed by atoms with Crippen molar-refractivity contribution in [1.29, 1.82) is 0 Å². The molecule has 72 valence electrons. The predicted octanol–water partition coefficient (Wildman–Crippen LogP) is 3.61. The monoisotopic (exact) mass is 228 g/mol. The zero-order valence-electron chi connectivity index (χ0n) is 6.86. The van der Waals surface area contributed by atoms with E-state index in [1.165, 1.54) is 11.3 Å². The van der Waals surface area contributed by atoms with Crippen LogP contribution in [0.4, 0.5) is 4.79 Å². The molecule has 0 aliphatic heterocycles. The standard InChI is InChI=1S/C9H5ClO3S/c10-6-3-1-2-5-4-7(13-9(11)12)14-8(5)6/h1-4H,(H,11,12). The van der Waals surface area contributed by atoms with Crippen LogP contribution in [0.1, 0.15) is 0 Å². The summed E-state index contributed by atoms with van der Waals surface area (Å²) < 4.78 is 5.37. The smallest absolute Gasteiger partial charge is 0.449 e. The first-order valence-electron chi connectivity index (χ1n) is 3.75. The van der Waals surface area contributed by atoms with Crippen molar-refractivity contribution in [3.05, 3.63) is 29.3 Å². The zero-order valence-corrected chi connectivity index (χ0v) is 8.43. The van der Waals surface area contributed by atoms with Crippen molar-refractivity contribution in [3.8, 4) is 5.06 Å². The summed E-state index contributed by atoms with van der Waals surface area (Å²) in [5.41, 5.74) is 0. The van der Waals surface area contributed by atoms with Gasteiger partial charge in [0.1, 0.15) is 0 Å². The number of hydrogen-bond donors (Lipinski definition) is 1. The molecule has 5 heteroatoms. The fraction of sp³-hybridized carbons (Fsp3) is 0. The van der Waals surface area contributed by atoms with Gasteiger partial charge in [0.15, 0.2) is 5.06 Å². The fourth-order valence-corrected chi connectivity index (χ4v) is 2.35. The Morgan fingerprint density at radius 3 is 2.93 bits per heavy atom. The van der Waals surface area contributed by atoms with E-state index in [9.17, 15) is 4.79 Å². The van der Waals surface area contributed by atoms with Gasteiger partial charge in [0.2, 0.25) is 0 Å². The predicted molar refractivity (Wildman–Crippen MR) is 55.5 cm³/mol. The van der Waals surface area contributed by atoms with E-state index < -0.39 is 6.16 Å². The van der Waals surface area contributed by atoms with Crippen molar-refractivity contribution >= 4 is 39.2 Å². The SMILES string of the molecule is O=C(O)Oc1cc2cccc(Cl)c2s1. The van der Waals surface area contributed by atoms with Crippen LogP contribution in [0, 0.1) is 0 Å². The molecule has 1 N–H and O–H groups in total. The lowest BCUT2D eigenvalue weighted by molar-refractivity contribution is 0.146. The number of rotatable bonds is 1. The number of carboxylic acid groups (broad SMARTS) is 1. The Morgan fingerprint density at radius 1 is 1.50 bits per heavy atom. The average molecular weight is 229 g/mol. The van der Waals surface area contributed by atoms with Crippen LogP contribution in [0.3, 0.4) is 0 Å². The molecule has 0 aliphatic carbocycles. The Balaban J connectivity index is 2.51. The first kappa shape index (κ1) is 9.30. The minimum Gasteiger partial charge on any atom is -0.449 e. The molecule has 1 aromatic carbocycles. The first-order valence-corrected chi connectivity index (χ1v) is 4.95. The van der Waals surface area contributed by atoms with Gasteiger partial charge in [-0.05, 0) is 11.5 Å². The molecule has 1 aromatic heterocycles. The third-order valence-electron chi connectivity index (χ3n) is 1.66. The lowest BCUT2D eigenvalue weighted by Crippen LogP contribution is -2.00. The molecule has 0 fully saturated rings. The van der Waals surface area contributed by atoms with E-state index >= 15 is 0 Å². The molecule has 0 unspecified atom stereocenters. The second-order valence-corrected chi connectivity index (χ2v) is 4.01. The first-order chi connectivity index (χ1) is 6.66. The molecule has 1 heterocycles. The molecule has 0 bridgehead atoms. The molecular formula is C9H5ClO3S. The minimum absolute atomic E-state index is 0.334. The van der Waals surface area contributed by atoms with Crippen LogP contribution in [0.15, 0.2) is 24.3 Å². The Bertz CT molecular complexity index is 492. The fourth-order valence-electron chi connectivity index (χ4n) is 1.14. The summed E-state index contributed by atoms with van der Waals surface area (Å²) in [6, 6.07) is 7.07. The van der Waals surface area contributed by atoms with E-state index in [4.69, 9.17) is 16.7 Å². The van der Waals surface area contributed by atoms with Gasteiger partial charge in [0.05, 0.1) is 9.72 Å². The van der Waals surface area contributed by atoms with Crippen LogP contribution in [0.25, 0.3) is 10.1 Å². The summed E-state index contributed by atoms with van der Waals surface area (Å²) in [4.78, 5) is 10.3. The number of hydrogen-bond acceptors (Lipinski definition) is 3. The van der Waals surface area contributed by atoms with Gasteiger partial charge >= 0.3 is 6.16 Å². The van der Waals surface area contributed by atoms with E-state index in [-0.39, 0.29) is 0 Å². The van der Waals surface area contributed by atoms with Gasteiger partial charge in [0.25, 0.3) is 0 Å². The molecule has 14 heavy (non-hydrogen) atoms. The van der Waals surface area contributed by atoms with Gasteiger partial charge in [-0.15, -0.1) is 0 Å². The Kier molecular flexibility index (Phi) is 2.31. The second kappa shape index (κ2) is 3.48. The Morgan fingerprint density at radius 2 is 2.29 bits per heavy atom. The molecule has 0 saturated carbocycles. The van der Waals surface area contributed by atoms with E-state index in [1.807, 2.05) is 12.1 Å². The van der Waals surface area contributed by atoms with Crippen LogP contribution in [0.5, 0.6) is 5.06 Å². The van der Waals surface area contributed by atoms with Crippen molar-refractivity contribution in [2.45, 2.75) is 0 Å². The Labute approximate surface area is 88.5 Å². The van der Waals surface area contributed by atoms with Gasteiger partial charge in [-0.1, -0.05) is 35.1 Å². The van der Waals surface area contributed by atoms with Gasteiger partial charge < -0.3 is 9.84 Å². The highest BCUT2D eigenvalue weighted by atomic mass is 35.5. The lowest BCUT2D eigenvalue weighted by Gasteiger charge is -1.90. The third kappa shape index (κ3) is 1.66. The maximum atomic E-state index is 10.3. The van der Waals surface area contributed by atoms with Crippen molar-refractivity contribution in [2.75, 3.05) is 0 Å². The molecule has 2 aromatic rings. The molecular weight excluding hydrogens is 224 g/mol. The van der Waals surface area contributed by atoms with Crippen LogP contribution >= 0.6 is 22.9 Å². The number of fused-ring (bicyclic) bond motifs is 1. The molecule has 2 rings (SSSR count). The topological polar surface area (TPSA) is 46.5 Å². The van der Waals surface area contributed by atoms with Crippen LogP contribution in [-0.4, -0.2) is 11.3 Å². The molecule has 0 amide bonds. The normalized spacial score (nSPS) is 10.4. The summed E-state index contributed by atoms with van der Waals surface area (Å²) in [5, 5.41) is 10.2. The largest absolute Gasteiger partial charge is 0.512 e. The molecule has 0 aliphatic rings. The van der Waals surface area contributed by atoms with Crippen LogP contribution < -0.4 is 4.74 Å². The van der Waals surface area contributed by atoms with Gasteiger partial charge in [-0.2, -0.15) is 0 Å². The van der Waals surface area contributed by atoms with Crippen molar-refractivity contribution in [1.82, 2.24) is 0 Å². The average Bonchev–Trinajstić information content (AvgIpc) is 2.47. The molecule has 0 saturated heterocycles. The highest BCUT2D eigenvalue weighted by Crippen LogP contribution is 2.36. The quantitative estimate of drug-likeness (QED) is 0.759. The zero-order chi connectivity index (χ0) is 10.1. The van der Waals surface area contributed by atoms with Gasteiger partial charge in [-0.3, -0.25) is 0 Å². The van der Waals surface area contributed by atoms with E-state index in [1.54, 1.807) is 12.1 Å². The molecule has 0 radical (unpaired) electrons. The number of ether oxygens (including phenoxy) is 1. The number of benzene rings is 1. The van der Waals surface area contributed by atoms with Crippen molar-refractivity contribution in [3.63, 3.8) is 0 Å². The number of thiophene rings is 1. The summed E-state index contributed by atoms with van der Waals surface area (Å²) in [6.45, 7) is 0. The molecule has 0 atom stereocenters. The summed E-state index contributed by atoms with van der Waals surface area (Å²) >= 11 is 7.13. The van der Waals surface area contributed by atoms with Gasteiger partial charge in [-0.25, -0.2) is 4.79 Å². The van der Waals surface area contributed by atoms with E-state index in [0.717, 1.165) is 10.1 Å². The second-order valence-electron chi connectivity index (χ2n) is 2.59. The van der Waals surface area contributed by atoms with Crippen molar-refractivity contribution in [2.24, 2.45) is 0 Å². The summed E-state index contributed by atoms with van der Waals surface area (Å²) in [7, 11) is 0. The van der Waals surface area contributed by atoms with Crippen molar-refractivity contribution < 1.29 is 14.6 Å². The van der Waals surface area contributed by atoms with E-state index in [2.05, 4.69) is 4.74 Å². The number of carbonyl (C=O) groups is 1. The highest BCUT2D eigenvalue weighted by molar-refractivity contribution is 7.21. The Hall–Kier alpha value is -1.26. The van der Waals surface area contributed by atoms with E-state index in [0.29, 0.717) is 10.1 Å². The van der Waals surface area contributed by atoms with Gasteiger partial charge in [0, 0.05) is 6.07 Å². The third-order valence-corrected chi connectivity index (χ3v) is 3.15. The lowest BCUT2D eigenvalue weighted by atomic mass is 10.3. The van der Waals surface area contributed by atoms with Crippen LogP contribution in [-0.2, 0) is 0 Å².